The fraction of sp³-hybridized carbons (Fsp3) is 0. The van der Waals surface area contributed by atoms with Crippen LogP contribution in [0.15, 0.2) is 115 Å². The number of benzene rings is 4. The minimum absolute atomic E-state index is 0.882. The van der Waals surface area contributed by atoms with Gasteiger partial charge in [-0.2, -0.15) is 0 Å². The maximum Gasteiger partial charge on any atom is 0.172 e. The van der Waals surface area contributed by atoms with Crippen LogP contribution < -0.4 is 10.6 Å². The molecule has 1 unspecified atom stereocenters. The van der Waals surface area contributed by atoms with Crippen molar-refractivity contribution in [2.45, 2.75) is 0 Å². The molecule has 0 bridgehead atoms. The van der Waals surface area contributed by atoms with Crippen molar-refractivity contribution in [3.63, 3.8) is 0 Å². The lowest BCUT2D eigenvalue weighted by Gasteiger charge is -2.19. The van der Waals surface area contributed by atoms with Crippen molar-refractivity contribution in [2.24, 2.45) is 0 Å². The Hall–Kier alpha value is -3.15. The van der Waals surface area contributed by atoms with Crippen LogP contribution in [0.25, 0.3) is 10.9 Å². The quantitative estimate of drug-likeness (QED) is 0.404. The summed E-state index contributed by atoms with van der Waals surface area (Å²) in [5, 5.41) is 2.75. The van der Waals surface area contributed by atoms with Crippen molar-refractivity contribution < 1.29 is 4.57 Å². The van der Waals surface area contributed by atoms with Crippen molar-refractivity contribution in [2.75, 3.05) is 0 Å². The summed E-state index contributed by atoms with van der Waals surface area (Å²) < 4.78 is 14.9. The van der Waals surface area contributed by atoms with Gasteiger partial charge in [0.05, 0.1) is 0 Å². The highest BCUT2D eigenvalue weighted by atomic mass is 31.2. The molecule has 0 amide bonds. The van der Waals surface area contributed by atoms with Crippen molar-refractivity contribution in [3.8, 4) is 0 Å². The molecule has 0 aromatic heterocycles. The summed E-state index contributed by atoms with van der Waals surface area (Å²) in [4.78, 5) is 0. The van der Waals surface area contributed by atoms with E-state index in [1.165, 1.54) is 0 Å². The molecule has 4 aromatic carbocycles. The van der Waals surface area contributed by atoms with Gasteiger partial charge in [0.1, 0.15) is 0 Å². The molecule has 0 radical (unpaired) electrons. The molecule has 0 saturated carbocycles. The highest BCUT2D eigenvalue weighted by Gasteiger charge is 2.42. The zero-order chi connectivity index (χ0) is 19.0. The van der Waals surface area contributed by atoms with Crippen molar-refractivity contribution in [1.82, 2.24) is 0 Å². The number of hydrogen-bond donors (Lipinski definition) is 0. The van der Waals surface area contributed by atoms with Gasteiger partial charge in [-0.25, -0.2) is 0 Å². The van der Waals surface area contributed by atoms with Gasteiger partial charge in [0.2, 0.25) is 0 Å². The molecular weight excluding hydrogens is 359 g/mol. The first-order valence-electron chi connectivity index (χ1n) is 9.41. The van der Waals surface area contributed by atoms with Gasteiger partial charge >= 0.3 is 0 Å². The Labute approximate surface area is 165 Å². The molecule has 1 aliphatic rings. The Morgan fingerprint density at radius 1 is 0.500 bits per heavy atom. The topological polar surface area (TPSA) is 17.1 Å². The largest absolute Gasteiger partial charge is 0.309 e. The van der Waals surface area contributed by atoms with Gasteiger partial charge in [0.25, 0.3) is 0 Å². The molecule has 4 aromatic rings. The van der Waals surface area contributed by atoms with Gasteiger partial charge in [0, 0.05) is 21.5 Å². The monoisotopic (exact) mass is 378 g/mol. The summed E-state index contributed by atoms with van der Waals surface area (Å²) in [5.74, 6) is 0. The first-order chi connectivity index (χ1) is 13.8. The maximum atomic E-state index is 14.9. The fourth-order valence-electron chi connectivity index (χ4n) is 4.09. The Morgan fingerprint density at radius 2 is 1.00 bits per heavy atom. The van der Waals surface area contributed by atoms with Crippen LogP contribution in [-0.4, -0.2) is 0 Å². The van der Waals surface area contributed by atoms with E-state index in [9.17, 15) is 4.57 Å². The average Bonchev–Trinajstić information content (AvgIpc) is 3.06. The Kier molecular flexibility index (Phi) is 4.11. The third-order valence-corrected chi connectivity index (χ3v) is 8.50. The lowest BCUT2D eigenvalue weighted by Crippen LogP contribution is -2.15. The minimum atomic E-state index is -2.99. The maximum absolute atomic E-state index is 14.9. The molecule has 0 N–H and O–H groups in total. The van der Waals surface area contributed by atoms with Gasteiger partial charge in [-0.1, -0.05) is 115 Å². The SMILES string of the molecule is O=P1(c2ccccc2)C(c2ccccc2)=C(c2ccccc2)c2ccccc21. The lowest BCUT2D eigenvalue weighted by atomic mass is 9.96. The number of rotatable bonds is 3. The molecule has 0 aliphatic carbocycles. The second-order valence-corrected chi connectivity index (χ2v) is 9.58. The third kappa shape index (κ3) is 2.52. The van der Waals surface area contributed by atoms with E-state index in [-0.39, 0.29) is 0 Å². The molecule has 0 saturated heterocycles. The first kappa shape index (κ1) is 17.0. The van der Waals surface area contributed by atoms with Crippen LogP contribution in [0.2, 0.25) is 0 Å². The third-order valence-electron chi connectivity index (χ3n) is 5.29. The van der Waals surface area contributed by atoms with Gasteiger partial charge in [-0.05, 0) is 16.7 Å². The van der Waals surface area contributed by atoms with E-state index in [0.717, 1.165) is 38.2 Å². The average molecular weight is 378 g/mol. The standard InChI is InChI=1S/C26H19OP/c27-28(22-16-8-3-9-17-22)24-19-11-10-18-23(24)25(20-12-4-1-5-13-20)26(28)21-14-6-2-7-15-21/h1-19H. The summed E-state index contributed by atoms with van der Waals surface area (Å²) in [6.07, 6.45) is 0. The second-order valence-electron chi connectivity index (χ2n) is 6.92. The fourth-order valence-corrected chi connectivity index (χ4v) is 7.36. The smallest absolute Gasteiger partial charge is 0.172 e. The number of hydrogen-bond acceptors (Lipinski definition) is 1. The van der Waals surface area contributed by atoms with Crippen LogP contribution in [0, 0.1) is 0 Å². The molecule has 1 atom stereocenters. The van der Waals surface area contributed by atoms with Gasteiger partial charge < -0.3 is 4.57 Å². The molecule has 0 spiro atoms. The molecule has 5 rings (SSSR count). The summed E-state index contributed by atoms with van der Waals surface area (Å²) in [5.41, 5.74) is 4.27. The highest BCUT2D eigenvalue weighted by molar-refractivity contribution is 7.88. The molecule has 0 fully saturated rings. The van der Waals surface area contributed by atoms with E-state index in [2.05, 4.69) is 30.3 Å². The zero-order valence-electron chi connectivity index (χ0n) is 15.3. The van der Waals surface area contributed by atoms with Crippen LogP contribution >= 0.6 is 7.14 Å². The van der Waals surface area contributed by atoms with Crippen LogP contribution in [0.4, 0.5) is 0 Å². The van der Waals surface area contributed by atoms with E-state index in [1.54, 1.807) is 0 Å². The highest BCUT2D eigenvalue weighted by Crippen LogP contribution is 2.65. The van der Waals surface area contributed by atoms with E-state index >= 15 is 0 Å². The summed E-state index contributed by atoms with van der Waals surface area (Å²) >= 11 is 0. The van der Waals surface area contributed by atoms with Crippen LogP contribution in [0.3, 0.4) is 0 Å². The second kappa shape index (κ2) is 6.78. The normalized spacial score (nSPS) is 18.1. The lowest BCUT2D eigenvalue weighted by molar-refractivity contribution is 0.593. The van der Waals surface area contributed by atoms with Gasteiger partial charge in [-0.15, -0.1) is 0 Å². The predicted octanol–water partition coefficient (Wildman–Crippen LogP) is 5.93. The van der Waals surface area contributed by atoms with Crippen LogP contribution in [-0.2, 0) is 4.57 Å². The predicted molar refractivity (Wildman–Crippen MR) is 119 cm³/mol. The van der Waals surface area contributed by atoms with Gasteiger partial charge in [-0.3, -0.25) is 0 Å². The van der Waals surface area contributed by atoms with E-state index in [0.29, 0.717) is 0 Å². The van der Waals surface area contributed by atoms with E-state index in [1.807, 2.05) is 84.9 Å². The molecule has 28 heavy (non-hydrogen) atoms. The first-order valence-corrected chi connectivity index (χ1v) is 11.1. The molecule has 1 aliphatic heterocycles. The van der Waals surface area contributed by atoms with Crippen molar-refractivity contribution in [1.29, 1.82) is 0 Å². The molecule has 1 heterocycles. The van der Waals surface area contributed by atoms with Gasteiger partial charge in [0.15, 0.2) is 7.14 Å². The van der Waals surface area contributed by atoms with Crippen LogP contribution in [0.1, 0.15) is 16.7 Å². The van der Waals surface area contributed by atoms with Crippen LogP contribution in [0.5, 0.6) is 0 Å². The Balaban J connectivity index is 1.94. The minimum Gasteiger partial charge on any atom is -0.309 e. The summed E-state index contributed by atoms with van der Waals surface area (Å²) in [7, 11) is -2.99. The van der Waals surface area contributed by atoms with Crippen molar-refractivity contribution >= 4 is 28.6 Å². The van der Waals surface area contributed by atoms with E-state index in [4.69, 9.17) is 0 Å². The molecular formula is C26H19OP. The van der Waals surface area contributed by atoms with E-state index < -0.39 is 7.14 Å². The molecule has 2 heteroatoms. The summed E-state index contributed by atoms with van der Waals surface area (Å²) in [6, 6.07) is 38.6. The van der Waals surface area contributed by atoms with Crippen molar-refractivity contribution in [3.05, 3.63) is 132 Å². The Morgan fingerprint density at radius 3 is 1.64 bits per heavy atom. The summed E-state index contributed by atoms with van der Waals surface area (Å²) in [6.45, 7) is 0. The number of fused-ring (bicyclic) bond motifs is 1. The zero-order valence-corrected chi connectivity index (χ0v) is 16.2. The molecule has 1 nitrogen and oxygen atoms in total. The Bertz CT molecular complexity index is 1210. The molecule has 134 valence electrons.